The summed E-state index contributed by atoms with van der Waals surface area (Å²) < 4.78 is 0. The number of likely N-dealkylation sites (tertiary alicyclic amines) is 1. The van der Waals surface area contributed by atoms with Crippen molar-refractivity contribution in [2.75, 3.05) is 18.4 Å². The fourth-order valence-corrected chi connectivity index (χ4v) is 2.70. The topological polar surface area (TPSA) is 32.3 Å². The summed E-state index contributed by atoms with van der Waals surface area (Å²) in [6.45, 7) is 1.83. The Morgan fingerprint density at radius 2 is 2.19 bits per heavy atom. The molecule has 16 heavy (non-hydrogen) atoms. The number of amides is 1. The average molecular weight is 216 g/mol. The van der Waals surface area contributed by atoms with Crippen LogP contribution in [0.4, 0.5) is 5.69 Å². The largest absolute Gasteiger partial charge is 0.383 e. The molecule has 0 aromatic heterocycles. The third-order valence-electron chi connectivity index (χ3n) is 3.55. The van der Waals surface area contributed by atoms with Crippen LogP contribution in [0, 0.1) is 0 Å². The first-order chi connectivity index (χ1) is 7.84. The Morgan fingerprint density at radius 3 is 3.00 bits per heavy atom. The van der Waals surface area contributed by atoms with Gasteiger partial charge in [-0.05, 0) is 24.5 Å². The lowest BCUT2D eigenvalue weighted by molar-refractivity contribution is -0.129. The maximum absolute atomic E-state index is 11.7. The summed E-state index contributed by atoms with van der Waals surface area (Å²) >= 11 is 0. The summed E-state index contributed by atoms with van der Waals surface area (Å²) in [6.07, 6.45) is 2.75. The molecule has 1 aromatic carbocycles. The molecule has 3 nitrogen and oxygen atoms in total. The number of rotatable bonds is 1. The van der Waals surface area contributed by atoms with Gasteiger partial charge in [0.2, 0.25) is 5.91 Å². The number of carbonyl (C=O) groups is 1. The van der Waals surface area contributed by atoms with Crippen LogP contribution in [0.1, 0.15) is 18.4 Å². The SMILES string of the molecule is O=C1CCCN1[C@H]1CNc2ccccc2C1. The predicted molar refractivity (Wildman–Crippen MR) is 63.4 cm³/mol. The second-order valence-electron chi connectivity index (χ2n) is 4.59. The molecule has 1 amide bonds. The molecular formula is C13H16N2O. The summed E-state index contributed by atoms with van der Waals surface area (Å²) in [7, 11) is 0. The number of benzene rings is 1. The van der Waals surface area contributed by atoms with Crippen molar-refractivity contribution in [1.82, 2.24) is 4.90 Å². The lowest BCUT2D eigenvalue weighted by atomic mass is 9.99. The van der Waals surface area contributed by atoms with Gasteiger partial charge in [-0.15, -0.1) is 0 Å². The van der Waals surface area contributed by atoms with Gasteiger partial charge in [0.1, 0.15) is 0 Å². The number of carbonyl (C=O) groups excluding carboxylic acids is 1. The van der Waals surface area contributed by atoms with Crippen LogP contribution >= 0.6 is 0 Å². The van der Waals surface area contributed by atoms with Gasteiger partial charge in [-0.3, -0.25) is 4.79 Å². The van der Waals surface area contributed by atoms with Crippen molar-refractivity contribution >= 4 is 11.6 Å². The molecule has 2 aliphatic heterocycles. The van der Waals surface area contributed by atoms with Crippen LogP contribution in [0.25, 0.3) is 0 Å². The van der Waals surface area contributed by atoms with E-state index in [4.69, 9.17) is 0 Å². The van der Waals surface area contributed by atoms with Crippen LogP contribution in [0.3, 0.4) is 0 Å². The van der Waals surface area contributed by atoms with Crippen LogP contribution in [0.2, 0.25) is 0 Å². The molecule has 1 aromatic rings. The molecule has 2 aliphatic rings. The molecule has 3 rings (SSSR count). The average Bonchev–Trinajstić information content (AvgIpc) is 2.75. The summed E-state index contributed by atoms with van der Waals surface area (Å²) in [5.41, 5.74) is 2.56. The van der Waals surface area contributed by atoms with Gasteiger partial charge in [-0.25, -0.2) is 0 Å². The zero-order valence-corrected chi connectivity index (χ0v) is 9.28. The minimum absolute atomic E-state index is 0.325. The van der Waals surface area contributed by atoms with Crippen LogP contribution in [-0.2, 0) is 11.2 Å². The molecule has 0 bridgehead atoms. The van der Waals surface area contributed by atoms with E-state index in [9.17, 15) is 4.79 Å². The first-order valence-electron chi connectivity index (χ1n) is 5.96. The molecule has 1 saturated heterocycles. The summed E-state index contributed by atoms with van der Waals surface area (Å²) in [6, 6.07) is 8.72. The number of fused-ring (bicyclic) bond motifs is 1. The Balaban J connectivity index is 1.80. The van der Waals surface area contributed by atoms with Crippen molar-refractivity contribution in [3.8, 4) is 0 Å². The highest BCUT2D eigenvalue weighted by atomic mass is 16.2. The second kappa shape index (κ2) is 3.81. The minimum atomic E-state index is 0.325. The quantitative estimate of drug-likeness (QED) is 0.774. The molecular weight excluding hydrogens is 200 g/mol. The van der Waals surface area contributed by atoms with E-state index >= 15 is 0 Å². The van der Waals surface area contributed by atoms with E-state index in [0.29, 0.717) is 11.9 Å². The molecule has 3 heteroatoms. The van der Waals surface area contributed by atoms with Crippen LogP contribution in [0.5, 0.6) is 0 Å². The minimum Gasteiger partial charge on any atom is -0.383 e. The van der Waals surface area contributed by atoms with Crippen molar-refractivity contribution in [2.45, 2.75) is 25.3 Å². The van der Waals surface area contributed by atoms with Gasteiger partial charge in [0.15, 0.2) is 0 Å². The number of nitrogens with zero attached hydrogens (tertiary/aromatic N) is 1. The Morgan fingerprint density at radius 1 is 1.31 bits per heavy atom. The monoisotopic (exact) mass is 216 g/mol. The van der Waals surface area contributed by atoms with Crippen molar-refractivity contribution in [3.05, 3.63) is 29.8 Å². The standard InChI is InChI=1S/C13H16N2O/c16-13-6-3-7-15(13)11-8-10-4-1-2-5-12(10)14-9-11/h1-2,4-5,11,14H,3,6-9H2/t11-/m1/s1. The highest BCUT2D eigenvalue weighted by Crippen LogP contribution is 2.25. The van der Waals surface area contributed by atoms with Gasteiger partial charge >= 0.3 is 0 Å². The molecule has 1 N–H and O–H groups in total. The third kappa shape index (κ3) is 1.56. The van der Waals surface area contributed by atoms with E-state index in [2.05, 4.69) is 23.5 Å². The fraction of sp³-hybridized carbons (Fsp3) is 0.462. The number of anilines is 1. The molecule has 0 radical (unpaired) electrons. The Hall–Kier alpha value is -1.51. The molecule has 1 atom stereocenters. The van der Waals surface area contributed by atoms with Gasteiger partial charge in [0, 0.05) is 25.2 Å². The number of nitrogens with one attached hydrogen (secondary N) is 1. The Kier molecular flexibility index (Phi) is 2.31. The summed E-state index contributed by atoms with van der Waals surface area (Å²) in [5, 5.41) is 3.42. The lowest BCUT2D eigenvalue weighted by Crippen LogP contribution is -2.44. The van der Waals surface area contributed by atoms with Crippen molar-refractivity contribution in [2.24, 2.45) is 0 Å². The highest BCUT2D eigenvalue weighted by Gasteiger charge is 2.30. The van der Waals surface area contributed by atoms with Gasteiger partial charge in [-0.2, -0.15) is 0 Å². The van der Waals surface area contributed by atoms with Crippen molar-refractivity contribution in [3.63, 3.8) is 0 Å². The van der Waals surface area contributed by atoms with Gasteiger partial charge < -0.3 is 10.2 Å². The lowest BCUT2D eigenvalue weighted by Gasteiger charge is -2.33. The first-order valence-corrected chi connectivity index (χ1v) is 5.96. The van der Waals surface area contributed by atoms with Crippen LogP contribution in [0.15, 0.2) is 24.3 Å². The molecule has 1 fully saturated rings. The first kappa shape index (κ1) is 9.70. The maximum atomic E-state index is 11.7. The number of hydrogen-bond donors (Lipinski definition) is 1. The maximum Gasteiger partial charge on any atom is 0.222 e. The van der Waals surface area contributed by atoms with E-state index in [1.54, 1.807) is 0 Å². The molecule has 0 spiro atoms. The normalized spacial score (nSPS) is 24.1. The van der Waals surface area contributed by atoms with Gasteiger partial charge in [0.25, 0.3) is 0 Å². The zero-order chi connectivity index (χ0) is 11.0. The third-order valence-corrected chi connectivity index (χ3v) is 3.55. The highest BCUT2D eigenvalue weighted by molar-refractivity contribution is 5.78. The molecule has 2 heterocycles. The number of para-hydroxylation sites is 1. The fourth-order valence-electron chi connectivity index (χ4n) is 2.70. The molecule has 84 valence electrons. The molecule has 0 unspecified atom stereocenters. The van der Waals surface area contributed by atoms with E-state index < -0.39 is 0 Å². The van der Waals surface area contributed by atoms with E-state index in [0.717, 1.165) is 32.4 Å². The molecule has 0 saturated carbocycles. The van der Waals surface area contributed by atoms with Crippen LogP contribution < -0.4 is 5.32 Å². The number of hydrogen-bond acceptors (Lipinski definition) is 2. The van der Waals surface area contributed by atoms with Crippen molar-refractivity contribution < 1.29 is 4.79 Å². The summed E-state index contributed by atoms with van der Waals surface area (Å²) in [5.74, 6) is 0.325. The second-order valence-corrected chi connectivity index (χ2v) is 4.59. The molecule has 0 aliphatic carbocycles. The van der Waals surface area contributed by atoms with Gasteiger partial charge in [-0.1, -0.05) is 18.2 Å². The predicted octanol–water partition coefficient (Wildman–Crippen LogP) is 1.65. The Labute approximate surface area is 95.4 Å². The van der Waals surface area contributed by atoms with Crippen LogP contribution in [-0.4, -0.2) is 29.9 Å². The smallest absolute Gasteiger partial charge is 0.222 e. The van der Waals surface area contributed by atoms with E-state index in [-0.39, 0.29) is 0 Å². The van der Waals surface area contributed by atoms with E-state index in [1.807, 2.05) is 11.0 Å². The van der Waals surface area contributed by atoms with Crippen molar-refractivity contribution in [1.29, 1.82) is 0 Å². The zero-order valence-electron chi connectivity index (χ0n) is 9.28. The van der Waals surface area contributed by atoms with E-state index in [1.165, 1.54) is 11.3 Å². The summed E-state index contributed by atoms with van der Waals surface area (Å²) in [4.78, 5) is 13.7. The Bertz CT molecular complexity index is 416. The van der Waals surface area contributed by atoms with Gasteiger partial charge in [0.05, 0.1) is 6.04 Å².